The van der Waals surface area contributed by atoms with E-state index in [4.69, 9.17) is 28.8 Å². The highest BCUT2D eigenvalue weighted by Gasteiger charge is 2.19. The first-order valence-electron chi connectivity index (χ1n) is 20.4. The minimum Gasteiger partial charge on any atom is -0.134 e. The smallest absolute Gasteiger partial charge is 0.0630 e. The van der Waals surface area contributed by atoms with Crippen LogP contribution in [0.1, 0.15) is 34.3 Å². The third-order valence-electron chi connectivity index (χ3n) is 5.05. The van der Waals surface area contributed by atoms with E-state index in [1.54, 1.807) is 0 Å². The summed E-state index contributed by atoms with van der Waals surface area (Å²) >= 11 is 0.516. The zero-order valence-corrected chi connectivity index (χ0v) is 18.2. The SMILES string of the molecule is [2H]c1c([2H])c([2H])c(-c2c([2H])c([2H])c([2H])c([2H])c2-c2sc(-c3c([2H])c([2H])c([2H])c([2H])c3-c3c([2H])c([2H])c([2H])c([2H])c3C)c3c([2H])c([2H])c([2H])c([2H])c23)c([2H])c1[2H]. The summed E-state index contributed by atoms with van der Waals surface area (Å²) in [6.45, 7) is 1.31. The lowest BCUT2D eigenvalue weighted by molar-refractivity contribution is 1.46. The molecule has 0 bridgehead atoms. The largest absolute Gasteiger partial charge is 0.134 e. The van der Waals surface area contributed by atoms with Crippen molar-refractivity contribution in [3.63, 3.8) is 0 Å². The second-order valence-corrected chi connectivity index (χ2v) is 8.03. The summed E-state index contributed by atoms with van der Waals surface area (Å²) in [5.74, 6) is 0. The molecule has 0 radical (unpaired) electrons. The summed E-state index contributed by atoms with van der Waals surface area (Å²) in [7, 11) is 0. The van der Waals surface area contributed by atoms with Gasteiger partial charge in [0.05, 0.1) is 28.8 Å². The maximum Gasteiger partial charge on any atom is 0.0630 e. The minimum atomic E-state index is -0.855. The van der Waals surface area contributed by atoms with E-state index in [1.807, 2.05) is 0 Å². The molecule has 0 saturated heterocycles. The fraction of sp³-hybridized carbons (Fsp3) is 0.0303. The zero-order valence-electron chi connectivity index (χ0n) is 38.4. The molecular formula is C33H24S. The maximum atomic E-state index is 9.10. The van der Waals surface area contributed by atoms with Crippen molar-refractivity contribution in [1.29, 1.82) is 0 Å². The van der Waals surface area contributed by atoms with Crippen molar-refractivity contribution in [3.8, 4) is 43.1 Å². The third kappa shape index (κ3) is 3.55. The lowest BCUT2D eigenvalue weighted by atomic mass is 9.93. The molecule has 0 nitrogen and oxygen atoms in total. The molecule has 34 heavy (non-hydrogen) atoms. The summed E-state index contributed by atoms with van der Waals surface area (Å²) in [6.07, 6.45) is 0. The molecule has 1 aromatic heterocycles. The summed E-state index contributed by atoms with van der Waals surface area (Å²) < 4.78 is 181. The van der Waals surface area contributed by atoms with E-state index < -0.39 is 160 Å². The molecular weight excluding hydrogens is 428 g/mol. The Morgan fingerprint density at radius 2 is 0.882 bits per heavy atom. The fourth-order valence-corrected chi connectivity index (χ4v) is 4.77. The lowest BCUT2D eigenvalue weighted by Gasteiger charge is -2.11. The van der Waals surface area contributed by atoms with Gasteiger partial charge in [-0.3, -0.25) is 0 Å². The highest BCUT2D eigenvalue weighted by Crippen LogP contribution is 2.48. The Labute approximate surface area is 234 Å². The van der Waals surface area contributed by atoms with Gasteiger partial charge in [-0.05, 0) is 34.7 Å². The Morgan fingerprint density at radius 1 is 0.441 bits per heavy atom. The van der Waals surface area contributed by atoms with Crippen molar-refractivity contribution < 1.29 is 28.8 Å². The number of benzene rings is 5. The quantitative estimate of drug-likeness (QED) is 0.239. The topological polar surface area (TPSA) is 0 Å². The van der Waals surface area contributed by atoms with Crippen LogP contribution in [0.4, 0.5) is 0 Å². The highest BCUT2D eigenvalue weighted by atomic mass is 32.1. The Morgan fingerprint density at radius 3 is 1.53 bits per heavy atom. The van der Waals surface area contributed by atoms with Crippen molar-refractivity contribution in [3.05, 3.63) is 132 Å². The van der Waals surface area contributed by atoms with E-state index in [0.29, 0.717) is 11.3 Å². The van der Waals surface area contributed by atoms with Crippen LogP contribution in [-0.4, -0.2) is 0 Å². The molecule has 0 aliphatic carbocycles. The van der Waals surface area contributed by atoms with Crippen LogP contribution in [0.3, 0.4) is 0 Å². The zero-order chi connectivity index (χ0) is 41.2. The first-order chi connectivity index (χ1) is 25.5. The minimum absolute atomic E-state index is 0.110. The summed E-state index contributed by atoms with van der Waals surface area (Å²) in [5.41, 5.74) is -3.12. The Hall–Kier alpha value is -3.94. The van der Waals surface area contributed by atoms with E-state index in [1.165, 1.54) is 6.92 Å². The van der Waals surface area contributed by atoms with Gasteiger partial charge in [0.1, 0.15) is 0 Å². The standard InChI is InChI=1S/C33H24S/c1-23-13-5-6-16-25(23)27-18-8-10-20-29(27)33-31-22-12-11-21-30(31)32(34-33)28-19-9-7-17-26(28)24-14-3-2-4-15-24/h2-22H,1H3/i2D,3D,4D,5D,6D,7D,8D,9D,10D,11D,12D,13D,14D,15D,16D,17D,18D,19D,20D,21D,22D. The van der Waals surface area contributed by atoms with Gasteiger partial charge in [-0.25, -0.2) is 0 Å². The predicted octanol–water partition coefficient (Wildman–Crippen LogP) is 9.88. The summed E-state index contributed by atoms with van der Waals surface area (Å²) in [5, 5.41) is -0.773. The van der Waals surface area contributed by atoms with E-state index in [-0.39, 0.29) is 26.3 Å². The summed E-state index contributed by atoms with van der Waals surface area (Å²) in [4.78, 5) is -0.638. The molecule has 0 fully saturated rings. The molecule has 5 aromatic carbocycles. The maximum absolute atomic E-state index is 9.10. The molecule has 0 amide bonds. The molecule has 6 rings (SSSR count). The number of thiophene rings is 1. The van der Waals surface area contributed by atoms with E-state index >= 15 is 0 Å². The van der Waals surface area contributed by atoms with Gasteiger partial charge in [-0.1, -0.05) is 127 Å². The fourth-order valence-electron chi connectivity index (χ4n) is 3.55. The van der Waals surface area contributed by atoms with Gasteiger partial charge in [0.2, 0.25) is 0 Å². The monoisotopic (exact) mass is 473 g/mol. The van der Waals surface area contributed by atoms with E-state index in [2.05, 4.69) is 0 Å². The van der Waals surface area contributed by atoms with Gasteiger partial charge in [-0.15, -0.1) is 11.3 Å². The van der Waals surface area contributed by atoms with Gasteiger partial charge >= 0.3 is 0 Å². The van der Waals surface area contributed by atoms with Gasteiger partial charge in [-0.2, -0.15) is 0 Å². The molecule has 6 aromatic rings. The van der Waals surface area contributed by atoms with Crippen LogP contribution in [0.15, 0.2) is 127 Å². The van der Waals surface area contributed by atoms with E-state index in [0.717, 1.165) is 0 Å². The van der Waals surface area contributed by atoms with E-state index in [9.17, 15) is 0 Å². The Balaban J connectivity index is 1.95. The second-order valence-electron chi connectivity index (χ2n) is 7.01. The molecule has 0 atom stereocenters. The molecule has 1 heteroatoms. The summed E-state index contributed by atoms with van der Waals surface area (Å²) in [6, 6.07) is -16.2. The van der Waals surface area contributed by atoms with Crippen LogP contribution in [0.25, 0.3) is 53.9 Å². The predicted molar refractivity (Wildman–Crippen MR) is 148 cm³/mol. The van der Waals surface area contributed by atoms with Crippen molar-refractivity contribution >= 4 is 22.1 Å². The van der Waals surface area contributed by atoms with Crippen LogP contribution in [0, 0.1) is 6.92 Å². The molecule has 1 heterocycles. The van der Waals surface area contributed by atoms with Crippen LogP contribution in [0.2, 0.25) is 0 Å². The van der Waals surface area contributed by atoms with Crippen molar-refractivity contribution in [1.82, 2.24) is 0 Å². The highest BCUT2D eigenvalue weighted by molar-refractivity contribution is 7.21. The third-order valence-corrected chi connectivity index (χ3v) is 6.27. The molecule has 0 N–H and O–H groups in total. The number of rotatable bonds is 4. The van der Waals surface area contributed by atoms with Crippen LogP contribution >= 0.6 is 11.3 Å². The van der Waals surface area contributed by atoms with Gasteiger partial charge in [0.25, 0.3) is 0 Å². The Bertz CT molecular complexity index is 2490. The second kappa shape index (κ2) is 8.78. The number of hydrogen-bond acceptors (Lipinski definition) is 1. The molecule has 0 saturated carbocycles. The average Bonchev–Trinajstić information content (AvgIpc) is 3.54. The first-order valence-corrected chi connectivity index (χ1v) is 10.7. The molecule has 0 spiro atoms. The number of hydrogen-bond donors (Lipinski definition) is 0. The first kappa shape index (κ1) is 8.08. The molecule has 0 aliphatic heterocycles. The van der Waals surface area contributed by atoms with Crippen LogP contribution in [-0.2, 0) is 0 Å². The molecule has 0 aliphatic rings. The normalized spacial score (nSPS) is 19.7. The van der Waals surface area contributed by atoms with Crippen molar-refractivity contribution in [2.75, 3.05) is 0 Å². The van der Waals surface area contributed by atoms with Crippen molar-refractivity contribution in [2.45, 2.75) is 6.92 Å². The average molecular weight is 474 g/mol. The lowest BCUT2D eigenvalue weighted by Crippen LogP contribution is -1.86. The number of fused-ring (bicyclic) bond motifs is 1. The van der Waals surface area contributed by atoms with Crippen LogP contribution in [0.5, 0.6) is 0 Å². The molecule has 0 unspecified atom stereocenters. The van der Waals surface area contributed by atoms with Gasteiger partial charge < -0.3 is 0 Å². The molecule has 162 valence electrons. The van der Waals surface area contributed by atoms with Gasteiger partial charge in [0, 0.05) is 31.7 Å². The van der Waals surface area contributed by atoms with Crippen LogP contribution < -0.4 is 0 Å². The van der Waals surface area contributed by atoms with Crippen molar-refractivity contribution in [2.24, 2.45) is 0 Å². The van der Waals surface area contributed by atoms with Gasteiger partial charge in [0.15, 0.2) is 0 Å². The Kier molecular flexibility index (Phi) is 2.08.